The monoisotopic (exact) mass is 778 g/mol. The maximum atomic E-state index is 6.25. The van der Waals surface area contributed by atoms with Crippen LogP contribution in [0.4, 0.5) is 17.1 Å². The highest BCUT2D eigenvalue weighted by Crippen LogP contribution is 2.40. The van der Waals surface area contributed by atoms with E-state index in [4.69, 9.17) is 4.42 Å². The number of furan rings is 1. The summed E-state index contributed by atoms with van der Waals surface area (Å²) in [6.07, 6.45) is 0. The van der Waals surface area contributed by atoms with Crippen molar-refractivity contribution >= 4 is 71.6 Å². The summed E-state index contributed by atoms with van der Waals surface area (Å²) in [6, 6.07) is 83.0. The third-order valence-corrected chi connectivity index (χ3v) is 12.2. The number of aromatic nitrogens is 1. The van der Waals surface area contributed by atoms with Gasteiger partial charge in [-0.25, -0.2) is 0 Å². The molecule has 0 bridgehead atoms. The summed E-state index contributed by atoms with van der Waals surface area (Å²) in [4.78, 5) is 2.36. The standard InChI is InChI=1S/C58H38N2O/c1-2-12-42-35-45(24-23-39(42)11-1)44-14-10-15-49(37-44)59(48-32-27-41(28-33-48)46-29-34-54-53-19-5-8-22-57(53)61-58(54)38-46)47-30-25-40(26-31-47)43-13-9-16-50(36-43)60-55-20-6-3-17-51(55)52-18-4-7-21-56(52)60/h1-38H. The molecule has 0 unspecified atom stereocenters. The average molecular weight is 779 g/mol. The van der Waals surface area contributed by atoms with Crippen LogP contribution in [0.3, 0.4) is 0 Å². The van der Waals surface area contributed by atoms with Crippen molar-refractivity contribution in [2.24, 2.45) is 0 Å². The second-order valence-corrected chi connectivity index (χ2v) is 15.8. The molecule has 0 amide bonds. The molecule has 10 aromatic carbocycles. The zero-order valence-corrected chi connectivity index (χ0v) is 33.2. The lowest BCUT2D eigenvalue weighted by Gasteiger charge is -2.26. The molecule has 0 N–H and O–H groups in total. The molecule has 0 saturated carbocycles. The third-order valence-electron chi connectivity index (χ3n) is 12.2. The predicted octanol–water partition coefficient (Wildman–Crippen LogP) is 16.3. The van der Waals surface area contributed by atoms with Crippen LogP contribution in [-0.4, -0.2) is 4.57 Å². The zero-order chi connectivity index (χ0) is 40.3. The van der Waals surface area contributed by atoms with Crippen LogP contribution >= 0.6 is 0 Å². The van der Waals surface area contributed by atoms with Gasteiger partial charge in [0.1, 0.15) is 11.2 Å². The van der Waals surface area contributed by atoms with Gasteiger partial charge in [-0.1, -0.05) is 146 Å². The van der Waals surface area contributed by atoms with Crippen LogP contribution in [-0.2, 0) is 0 Å². The Bertz CT molecular complexity index is 3540. The highest BCUT2D eigenvalue weighted by atomic mass is 16.3. The maximum absolute atomic E-state index is 6.25. The Labute approximate surface area is 353 Å². The molecule has 0 aliphatic heterocycles. The molecule has 286 valence electrons. The van der Waals surface area contributed by atoms with Crippen molar-refractivity contribution in [3.8, 4) is 39.1 Å². The molecular formula is C58H38N2O. The van der Waals surface area contributed by atoms with Gasteiger partial charge in [0.25, 0.3) is 0 Å². The molecule has 0 aliphatic rings. The average Bonchev–Trinajstić information content (AvgIpc) is 3.88. The molecule has 2 aromatic heterocycles. The molecule has 2 heterocycles. The van der Waals surface area contributed by atoms with E-state index in [1.54, 1.807) is 0 Å². The van der Waals surface area contributed by atoms with Gasteiger partial charge in [-0.05, 0) is 129 Å². The summed E-state index contributed by atoms with van der Waals surface area (Å²) in [5, 5.41) is 7.27. The van der Waals surface area contributed by atoms with Gasteiger partial charge >= 0.3 is 0 Å². The Morgan fingerprint density at radius 2 is 0.820 bits per heavy atom. The van der Waals surface area contributed by atoms with Crippen LogP contribution in [0.25, 0.3) is 93.6 Å². The molecule has 0 atom stereocenters. The lowest BCUT2D eigenvalue weighted by atomic mass is 10.00. The highest BCUT2D eigenvalue weighted by molar-refractivity contribution is 6.09. The van der Waals surface area contributed by atoms with Crippen LogP contribution < -0.4 is 4.90 Å². The van der Waals surface area contributed by atoms with Crippen molar-refractivity contribution in [2.45, 2.75) is 0 Å². The van der Waals surface area contributed by atoms with Crippen LogP contribution in [0, 0.1) is 0 Å². The second-order valence-electron chi connectivity index (χ2n) is 15.8. The van der Waals surface area contributed by atoms with Crippen LogP contribution in [0.15, 0.2) is 235 Å². The molecule has 0 radical (unpaired) electrons. The molecule has 3 nitrogen and oxygen atoms in total. The Kier molecular flexibility index (Phi) is 8.17. The van der Waals surface area contributed by atoms with Crippen molar-refractivity contribution in [1.82, 2.24) is 4.57 Å². The first-order valence-electron chi connectivity index (χ1n) is 20.8. The fourth-order valence-electron chi connectivity index (χ4n) is 9.18. The van der Waals surface area contributed by atoms with Gasteiger partial charge in [0.15, 0.2) is 0 Å². The van der Waals surface area contributed by atoms with Crippen molar-refractivity contribution < 1.29 is 4.42 Å². The number of anilines is 3. The van der Waals surface area contributed by atoms with E-state index in [2.05, 4.69) is 228 Å². The first-order valence-corrected chi connectivity index (χ1v) is 20.8. The number of hydrogen-bond donors (Lipinski definition) is 0. The molecule has 0 aliphatic carbocycles. The van der Waals surface area contributed by atoms with Gasteiger partial charge < -0.3 is 13.9 Å². The van der Waals surface area contributed by atoms with E-state index in [9.17, 15) is 0 Å². The van der Waals surface area contributed by atoms with E-state index in [0.717, 1.165) is 61.4 Å². The van der Waals surface area contributed by atoms with E-state index < -0.39 is 0 Å². The predicted molar refractivity (Wildman–Crippen MR) is 257 cm³/mol. The summed E-state index contributed by atoms with van der Waals surface area (Å²) in [5.74, 6) is 0. The number of fused-ring (bicyclic) bond motifs is 7. The summed E-state index contributed by atoms with van der Waals surface area (Å²) in [6.45, 7) is 0. The van der Waals surface area contributed by atoms with Crippen molar-refractivity contribution in [3.05, 3.63) is 231 Å². The Morgan fingerprint density at radius 1 is 0.295 bits per heavy atom. The van der Waals surface area contributed by atoms with Gasteiger partial charge in [-0.15, -0.1) is 0 Å². The molecule has 12 rings (SSSR count). The highest BCUT2D eigenvalue weighted by Gasteiger charge is 2.17. The SMILES string of the molecule is c1cc(-c2ccc3ccccc3c2)cc(N(c2ccc(-c3cccc(-n4c5ccccc5c5ccccc54)c3)cc2)c2ccc(-c3ccc4c(c3)oc3ccccc34)cc2)c1. The first kappa shape index (κ1) is 34.9. The lowest BCUT2D eigenvalue weighted by Crippen LogP contribution is -2.10. The second kappa shape index (κ2) is 14.3. The minimum absolute atomic E-state index is 0.899. The molecule has 3 heteroatoms. The molecule has 12 aromatic rings. The number of benzene rings is 10. The fourth-order valence-corrected chi connectivity index (χ4v) is 9.18. The summed E-state index contributed by atoms with van der Waals surface area (Å²) < 4.78 is 8.64. The summed E-state index contributed by atoms with van der Waals surface area (Å²) in [7, 11) is 0. The summed E-state index contributed by atoms with van der Waals surface area (Å²) in [5.41, 5.74) is 15.5. The van der Waals surface area contributed by atoms with E-state index in [1.165, 1.54) is 49.3 Å². The van der Waals surface area contributed by atoms with Gasteiger partial charge in [0, 0.05) is 44.3 Å². The molecule has 0 spiro atoms. The molecule has 0 saturated heterocycles. The summed E-state index contributed by atoms with van der Waals surface area (Å²) >= 11 is 0. The maximum Gasteiger partial charge on any atom is 0.136 e. The smallest absolute Gasteiger partial charge is 0.136 e. The third kappa shape index (κ3) is 6.06. The molecule has 0 fully saturated rings. The van der Waals surface area contributed by atoms with Crippen LogP contribution in [0.1, 0.15) is 0 Å². The minimum atomic E-state index is 0.899. The van der Waals surface area contributed by atoms with Gasteiger partial charge in [0.05, 0.1) is 11.0 Å². The van der Waals surface area contributed by atoms with Gasteiger partial charge in [-0.2, -0.15) is 0 Å². The van der Waals surface area contributed by atoms with E-state index in [0.29, 0.717) is 0 Å². The minimum Gasteiger partial charge on any atom is -0.456 e. The number of para-hydroxylation sites is 3. The largest absolute Gasteiger partial charge is 0.456 e. The van der Waals surface area contributed by atoms with Crippen molar-refractivity contribution in [2.75, 3.05) is 4.90 Å². The fraction of sp³-hybridized carbons (Fsp3) is 0. The van der Waals surface area contributed by atoms with E-state index in [1.807, 2.05) is 12.1 Å². The molecular weight excluding hydrogens is 741 g/mol. The number of rotatable bonds is 7. The van der Waals surface area contributed by atoms with E-state index >= 15 is 0 Å². The van der Waals surface area contributed by atoms with Crippen molar-refractivity contribution in [1.29, 1.82) is 0 Å². The Hall–Kier alpha value is -8.14. The van der Waals surface area contributed by atoms with Gasteiger partial charge in [-0.3, -0.25) is 0 Å². The Balaban J connectivity index is 0.931. The van der Waals surface area contributed by atoms with Gasteiger partial charge in [0.2, 0.25) is 0 Å². The first-order chi connectivity index (χ1) is 30.2. The Morgan fingerprint density at radius 3 is 1.54 bits per heavy atom. The van der Waals surface area contributed by atoms with Crippen molar-refractivity contribution in [3.63, 3.8) is 0 Å². The normalized spacial score (nSPS) is 11.6. The number of hydrogen-bond acceptors (Lipinski definition) is 2. The van der Waals surface area contributed by atoms with Crippen LogP contribution in [0.2, 0.25) is 0 Å². The number of nitrogens with zero attached hydrogens (tertiary/aromatic N) is 2. The zero-order valence-electron chi connectivity index (χ0n) is 33.2. The van der Waals surface area contributed by atoms with Crippen LogP contribution in [0.5, 0.6) is 0 Å². The lowest BCUT2D eigenvalue weighted by molar-refractivity contribution is 0.669. The molecule has 61 heavy (non-hydrogen) atoms. The van der Waals surface area contributed by atoms with E-state index in [-0.39, 0.29) is 0 Å². The quantitative estimate of drug-likeness (QED) is 0.161. The topological polar surface area (TPSA) is 21.3 Å².